The maximum Gasteiger partial charge on any atom is 0.217 e. The molecular formula is C6H8BrN3O2. The number of fused-ring (bicyclic) bond motifs is 1. The number of nitrogens with zero attached hydrogens (tertiary/aromatic N) is 3. The summed E-state index contributed by atoms with van der Waals surface area (Å²) in [6, 6.07) is 0. The van der Waals surface area contributed by atoms with E-state index < -0.39 is 0 Å². The van der Waals surface area contributed by atoms with Crippen LogP contribution in [0, 0.1) is 0 Å². The predicted octanol–water partition coefficient (Wildman–Crippen LogP) is 0.104. The van der Waals surface area contributed by atoms with E-state index in [1.54, 1.807) is 4.68 Å². The zero-order valence-corrected chi connectivity index (χ0v) is 7.86. The number of halogens is 1. The van der Waals surface area contributed by atoms with Crippen LogP contribution in [0.1, 0.15) is 11.9 Å². The predicted molar refractivity (Wildman–Crippen MR) is 43.5 cm³/mol. The third-order valence-corrected chi connectivity index (χ3v) is 2.09. The highest BCUT2D eigenvalue weighted by Gasteiger charge is 2.23. The molecule has 12 heavy (non-hydrogen) atoms. The van der Waals surface area contributed by atoms with Crippen molar-refractivity contribution in [2.24, 2.45) is 0 Å². The van der Waals surface area contributed by atoms with Crippen LogP contribution < -0.4 is 0 Å². The van der Waals surface area contributed by atoms with Gasteiger partial charge in [0.25, 0.3) is 0 Å². The smallest absolute Gasteiger partial charge is 0.217 e. The second-order valence-corrected chi connectivity index (χ2v) is 3.21. The van der Waals surface area contributed by atoms with Gasteiger partial charge in [-0.1, -0.05) is 0 Å². The summed E-state index contributed by atoms with van der Waals surface area (Å²) in [5, 5.41) is 13.0. The fourth-order valence-corrected chi connectivity index (χ4v) is 1.59. The minimum atomic E-state index is -0.322. The van der Waals surface area contributed by atoms with Crippen LogP contribution in [-0.4, -0.2) is 33.1 Å². The summed E-state index contributed by atoms with van der Waals surface area (Å²) in [4.78, 5) is 4.09. The topological polar surface area (TPSA) is 60.2 Å². The van der Waals surface area contributed by atoms with Crippen molar-refractivity contribution < 1.29 is 9.84 Å². The standard InChI is InChI=1S/C6H8BrN3O2/c7-6-8-5-4(3-11)12-2-1-10(5)9-6/h4,11H,1-3H2. The molecule has 1 atom stereocenters. The molecule has 1 aliphatic rings. The van der Waals surface area contributed by atoms with Gasteiger partial charge < -0.3 is 9.84 Å². The van der Waals surface area contributed by atoms with Crippen LogP contribution in [0.5, 0.6) is 0 Å². The van der Waals surface area contributed by atoms with Gasteiger partial charge in [-0.05, 0) is 15.9 Å². The Balaban J connectivity index is 2.36. The Bertz CT molecular complexity index is 288. The Hall–Kier alpha value is -0.460. The molecule has 0 saturated heterocycles. The van der Waals surface area contributed by atoms with Gasteiger partial charge in [-0.3, -0.25) is 0 Å². The highest BCUT2D eigenvalue weighted by Crippen LogP contribution is 2.20. The van der Waals surface area contributed by atoms with Crippen molar-refractivity contribution in [3.8, 4) is 0 Å². The average Bonchev–Trinajstić information content (AvgIpc) is 2.44. The molecule has 0 aromatic carbocycles. The van der Waals surface area contributed by atoms with Gasteiger partial charge in [0, 0.05) is 0 Å². The lowest BCUT2D eigenvalue weighted by Crippen LogP contribution is -2.24. The third-order valence-electron chi connectivity index (χ3n) is 1.75. The highest BCUT2D eigenvalue weighted by molar-refractivity contribution is 9.10. The molecule has 1 aliphatic heterocycles. The molecule has 0 aliphatic carbocycles. The zero-order valence-electron chi connectivity index (χ0n) is 6.27. The monoisotopic (exact) mass is 233 g/mol. The van der Waals surface area contributed by atoms with E-state index in [1.165, 1.54) is 0 Å². The molecule has 0 spiro atoms. The minimum absolute atomic E-state index is 0.0505. The normalized spacial score (nSPS) is 22.3. The number of aliphatic hydroxyl groups is 1. The average molecular weight is 234 g/mol. The van der Waals surface area contributed by atoms with Crippen LogP contribution in [0.25, 0.3) is 0 Å². The number of aliphatic hydroxyl groups excluding tert-OH is 1. The van der Waals surface area contributed by atoms with Crippen LogP contribution in [0.15, 0.2) is 4.73 Å². The number of rotatable bonds is 1. The van der Waals surface area contributed by atoms with Crippen LogP contribution in [-0.2, 0) is 11.3 Å². The Morgan fingerprint density at radius 3 is 3.33 bits per heavy atom. The summed E-state index contributed by atoms with van der Waals surface area (Å²) in [5.41, 5.74) is 0. The lowest BCUT2D eigenvalue weighted by molar-refractivity contribution is -0.0202. The van der Waals surface area contributed by atoms with Crippen LogP contribution in [0.3, 0.4) is 0 Å². The molecule has 1 N–H and O–H groups in total. The van der Waals surface area contributed by atoms with Crippen molar-refractivity contribution in [2.75, 3.05) is 13.2 Å². The van der Waals surface area contributed by atoms with Gasteiger partial charge in [-0.2, -0.15) is 0 Å². The Morgan fingerprint density at radius 2 is 2.58 bits per heavy atom. The van der Waals surface area contributed by atoms with E-state index in [0.717, 1.165) is 0 Å². The fourth-order valence-electron chi connectivity index (χ4n) is 1.22. The molecule has 1 aromatic heterocycles. The first-order chi connectivity index (χ1) is 5.81. The maximum atomic E-state index is 8.93. The lowest BCUT2D eigenvalue weighted by Gasteiger charge is -2.20. The first kappa shape index (κ1) is 8.15. The molecule has 0 saturated carbocycles. The zero-order chi connectivity index (χ0) is 8.55. The molecular weight excluding hydrogens is 226 g/mol. The number of hydrogen-bond acceptors (Lipinski definition) is 4. The van der Waals surface area contributed by atoms with Gasteiger partial charge in [0.05, 0.1) is 19.8 Å². The van der Waals surface area contributed by atoms with Crippen molar-refractivity contribution in [1.29, 1.82) is 0 Å². The van der Waals surface area contributed by atoms with Crippen LogP contribution in [0.2, 0.25) is 0 Å². The second-order valence-electron chi connectivity index (χ2n) is 2.50. The van der Waals surface area contributed by atoms with Crippen molar-refractivity contribution in [3.63, 3.8) is 0 Å². The van der Waals surface area contributed by atoms with E-state index in [9.17, 15) is 0 Å². The minimum Gasteiger partial charge on any atom is -0.393 e. The molecule has 2 heterocycles. The van der Waals surface area contributed by atoms with Gasteiger partial charge >= 0.3 is 0 Å². The van der Waals surface area contributed by atoms with Crippen molar-refractivity contribution in [1.82, 2.24) is 14.8 Å². The van der Waals surface area contributed by atoms with Gasteiger partial charge in [0.15, 0.2) is 5.82 Å². The summed E-state index contributed by atoms with van der Waals surface area (Å²) in [5.74, 6) is 0.690. The van der Waals surface area contributed by atoms with Gasteiger partial charge in [0.1, 0.15) is 6.10 Å². The first-order valence-electron chi connectivity index (χ1n) is 3.64. The Kier molecular flexibility index (Phi) is 2.12. The molecule has 6 heteroatoms. The molecule has 0 fully saturated rings. The molecule has 2 rings (SSSR count). The summed E-state index contributed by atoms with van der Waals surface area (Å²) in [7, 11) is 0. The molecule has 66 valence electrons. The van der Waals surface area contributed by atoms with Gasteiger partial charge in [0.2, 0.25) is 4.73 Å². The van der Waals surface area contributed by atoms with Crippen LogP contribution >= 0.6 is 15.9 Å². The summed E-state index contributed by atoms with van der Waals surface area (Å²) >= 11 is 3.17. The van der Waals surface area contributed by atoms with Crippen molar-refractivity contribution >= 4 is 15.9 Å². The van der Waals surface area contributed by atoms with Crippen LogP contribution in [0.4, 0.5) is 0 Å². The second kappa shape index (κ2) is 3.12. The molecule has 1 aromatic rings. The van der Waals surface area contributed by atoms with E-state index in [4.69, 9.17) is 9.84 Å². The number of hydrogen-bond donors (Lipinski definition) is 1. The number of aromatic nitrogens is 3. The van der Waals surface area contributed by atoms with E-state index in [1.807, 2.05) is 0 Å². The summed E-state index contributed by atoms with van der Waals surface area (Å²) in [6.07, 6.45) is -0.322. The molecule has 1 unspecified atom stereocenters. The Morgan fingerprint density at radius 1 is 1.75 bits per heavy atom. The van der Waals surface area contributed by atoms with E-state index in [2.05, 4.69) is 26.0 Å². The SMILES string of the molecule is OCC1OCCn2nc(Br)nc21. The largest absolute Gasteiger partial charge is 0.393 e. The van der Waals surface area contributed by atoms with Crippen molar-refractivity contribution in [3.05, 3.63) is 10.6 Å². The quantitative estimate of drug-likeness (QED) is 0.748. The van der Waals surface area contributed by atoms with E-state index in [0.29, 0.717) is 23.7 Å². The third kappa shape index (κ3) is 1.26. The molecule has 0 radical (unpaired) electrons. The fraction of sp³-hybridized carbons (Fsp3) is 0.667. The lowest BCUT2D eigenvalue weighted by atomic mass is 10.3. The first-order valence-corrected chi connectivity index (χ1v) is 4.43. The number of ether oxygens (including phenoxy) is 1. The van der Waals surface area contributed by atoms with Gasteiger partial charge in [-0.15, -0.1) is 5.10 Å². The van der Waals surface area contributed by atoms with E-state index in [-0.39, 0.29) is 12.7 Å². The van der Waals surface area contributed by atoms with E-state index >= 15 is 0 Å². The van der Waals surface area contributed by atoms with Crippen molar-refractivity contribution in [2.45, 2.75) is 12.6 Å². The highest BCUT2D eigenvalue weighted by atomic mass is 79.9. The van der Waals surface area contributed by atoms with Gasteiger partial charge in [-0.25, -0.2) is 9.67 Å². The maximum absolute atomic E-state index is 8.93. The summed E-state index contributed by atoms with van der Waals surface area (Å²) in [6.45, 7) is 1.23. The summed E-state index contributed by atoms with van der Waals surface area (Å²) < 4.78 is 7.56. The molecule has 0 amide bonds. The Labute approximate surface area is 77.5 Å². The molecule has 0 bridgehead atoms. The molecule has 5 nitrogen and oxygen atoms in total.